The maximum absolute atomic E-state index is 13.0. The molecule has 2 fully saturated rings. The van der Waals surface area contributed by atoms with Gasteiger partial charge in [-0.05, 0) is 43.7 Å². The maximum atomic E-state index is 13.0. The number of carboxylic acids is 1. The Balaban J connectivity index is 1.32. The second kappa shape index (κ2) is 6.47. The summed E-state index contributed by atoms with van der Waals surface area (Å²) in [6, 6.07) is 5.51. The number of carboxylic acid groups (broad SMARTS) is 1. The van der Waals surface area contributed by atoms with Crippen LogP contribution in [0.4, 0.5) is 0 Å². The lowest BCUT2D eigenvalue weighted by Crippen LogP contribution is -2.40. The van der Waals surface area contributed by atoms with Crippen molar-refractivity contribution in [3.8, 4) is 17.2 Å². The van der Waals surface area contributed by atoms with Crippen LogP contribution in [-0.2, 0) is 4.79 Å². The summed E-state index contributed by atoms with van der Waals surface area (Å²) in [5.74, 6) is 0.209. The van der Waals surface area contributed by atoms with Crippen molar-refractivity contribution in [3.05, 3.63) is 29.6 Å². The van der Waals surface area contributed by atoms with Crippen LogP contribution in [0.1, 0.15) is 35.4 Å². The number of benzene rings is 1. The summed E-state index contributed by atoms with van der Waals surface area (Å²) < 4.78 is 12.8. The van der Waals surface area contributed by atoms with Crippen LogP contribution in [0, 0.1) is 18.3 Å². The van der Waals surface area contributed by atoms with Gasteiger partial charge in [0.1, 0.15) is 13.2 Å². The molecule has 1 aliphatic carbocycles. The summed E-state index contributed by atoms with van der Waals surface area (Å²) >= 11 is 0. The van der Waals surface area contributed by atoms with E-state index in [0.717, 1.165) is 24.9 Å². The molecule has 1 aromatic heterocycles. The van der Waals surface area contributed by atoms with E-state index < -0.39 is 5.97 Å². The molecule has 1 unspecified atom stereocenters. The van der Waals surface area contributed by atoms with Gasteiger partial charge in [-0.1, -0.05) is 5.21 Å². The van der Waals surface area contributed by atoms with E-state index in [4.69, 9.17) is 9.47 Å². The molecule has 3 heterocycles. The zero-order valence-corrected chi connectivity index (χ0v) is 16.1. The number of hydrogen-bond donors (Lipinski definition) is 1. The smallest absolute Gasteiger partial charge is 0.307 e. The van der Waals surface area contributed by atoms with Crippen molar-refractivity contribution in [3.63, 3.8) is 0 Å². The van der Waals surface area contributed by atoms with Gasteiger partial charge in [0.15, 0.2) is 17.2 Å². The Kier molecular flexibility index (Phi) is 4.01. The van der Waals surface area contributed by atoms with E-state index in [0.29, 0.717) is 49.2 Å². The number of nitrogens with zero attached hydrogens (tertiary/aromatic N) is 4. The Labute approximate surface area is 167 Å². The molecule has 1 amide bonds. The van der Waals surface area contributed by atoms with E-state index in [1.54, 1.807) is 9.58 Å². The highest BCUT2D eigenvalue weighted by Crippen LogP contribution is 2.59. The summed E-state index contributed by atoms with van der Waals surface area (Å²) in [7, 11) is 0. The molecule has 1 saturated carbocycles. The van der Waals surface area contributed by atoms with Gasteiger partial charge in [-0.25, -0.2) is 4.68 Å². The minimum absolute atomic E-state index is 0.111. The highest BCUT2D eigenvalue weighted by Gasteiger charge is 2.59. The zero-order chi connectivity index (χ0) is 20.2. The molecule has 2 aliphatic heterocycles. The summed E-state index contributed by atoms with van der Waals surface area (Å²) in [6.45, 7) is 3.95. The van der Waals surface area contributed by atoms with Crippen LogP contribution >= 0.6 is 0 Å². The van der Waals surface area contributed by atoms with Crippen molar-refractivity contribution < 1.29 is 24.2 Å². The first kappa shape index (κ1) is 18.0. The van der Waals surface area contributed by atoms with Gasteiger partial charge in [0.05, 0.1) is 17.3 Å². The standard InChI is InChI=1S/C20H22N4O5/c1-12-17(18(25)23-6-4-20(5-7-23)11-14(20)19(26)27)21-22-24(12)13-2-3-15-16(10-13)29-9-8-28-15/h2-3,10,14H,4-9,11H2,1H3,(H,26,27). The van der Waals surface area contributed by atoms with E-state index in [1.807, 2.05) is 25.1 Å². The number of carbonyl (C=O) groups is 2. The zero-order valence-electron chi connectivity index (χ0n) is 16.1. The molecule has 5 rings (SSSR count). The highest BCUT2D eigenvalue weighted by molar-refractivity contribution is 5.93. The van der Waals surface area contributed by atoms with Crippen LogP contribution in [-0.4, -0.2) is 63.2 Å². The van der Waals surface area contributed by atoms with Crippen LogP contribution in [0.25, 0.3) is 5.69 Å². The van der Waals surface area contributed by atoms with E-state index in [9.17, 15) is 14.7 Å². The number of fused-ring (bicyclic) bond motifs is 1. The molecule has 9 nitrogen and oxygen atoms in total. The van der Waals surface area contributed by atoms with Crippen molar-refractivity contribution in [1.29, 1.82) is 0 Å². The SMILES string of the molecule is Cc1c(C(=O)N2CCC3(CC2)CC3C(=O)O)nnn1-c1ccc2c(c1)OCCO2. The number of amides is 1. The number of piperidine rings is 1. The third-order valence-electron chi connectivity index (χ3n) is 6.40. The van der Waals surface area contributed by atoms with Gasteiger partial charge in [-0.2, -0.15) is 0 Å². The predicted octanol–water partition coefficient (Wildman–Crippen LogP) is 1.67. The lowest BCUT2D eigenvalue weighted by molar-refractivity contribution is -0.139. The molecule has 2 aromatic rings. The normalized spacial score (nSPS) is 21.8. The molecule has 3 aliphatic rings. The van der Waals surface area contributed by atoms with Gasteiger partial charge < -0.3 is 19.5 Å². The van der Waals surface area contributed by atoms with Gasteiger partial charge in [0, 0.05) is 19.2 Å². The Bertz CT molecular complexity index is 993. The first-order valence-electron chi connectivity index (χ1n) is 9.83. The third kappa shape index (κ3) is 2.92. The molecule has 1 N–H and O–H groups in total. The Hall–Kier alpha value is -3.10. The monoisotopic (exact) mass is 398 g/mol. The van der Waals surface area contributed by atoms with Gasteiger partial charge in [-0.3, -0.25) is 9.59 Å². The van der Waals surface area contributed by atoms with Gasteiger partial charge in [-0.15, -0.1) is 5.10 Å². The number of aromatic nitrogens is 3. The van der Waals surface area contributed by atoms with Crippen molar-refractivity contribution in [2.45, 2.75) is 26.2 Å². The van der Waals surface area contributed by atoms with Crippen molar-refractivity contribution in [2.24, 2.45) is 11.3 Å². The molecule has 29 heavy (non-hydrogen) atoms. The van der Waals surface area contributed by atoms with Crippen molar-refractivity contribution >= 4 is 11.9 Å². The molecule has 0 bridgehead atoms. The summed E-state index contributed by atoms with van der Waals surface area (Å²) in [5, 5.41) is 17.5. The van der Waals surface area contributed by atoms with Crippen LogP contribution in [0.3, 0.4) is 0 Å². The number of ether oxygens (including phenoxy) is 2. The quantitative estimate of drug-likeness (QED) is 0.838. The van der Waals surface area contributed by atoms with E-state index in [2.05, 4.69) is 10.3 Å². The van der Waals surface area contributed by atoms with E-state index >= 15 is 0 Å². The molecule has 0 radical (unpaired) electrons. The number of likely N-dealkylation sites (tertiary alicyclic amines) is 1. The molecular weight excluding hydrogens is 376 g/mol. The molecule has 1 saturated heterocycles. The molecular formula is C20H22N4O5. The number of hydrogen-bond acceptors (Lipinski definition) is 6. The lowest BCUT2D eigenvalue weighted by atomic mass is 9.90. The summed E-state index contributed by atoms with van der Waals surface area (Å²) in [5.41, 5.74) is 1.61. The fraction of sp³-hybridized carbons (Fsp3) is 0.500. The van der Waals surface area contributed by atoms with Crippen LogP contribution in [0.5, 0.6) is 11.5 Å². The molecule has 9 heteroatoms. The van der Waals surface area contributed by atoms with Crippen LogP contribution in [0.15, 0.2) is 18.2 Å². The Morgan fingerprint density at radius 1 is 1.17 bits per heavy atom. The van der Waals surface area contributed by atoms with Crippen LogP contribution in [0.2, 0.25) is 0 Å². The topological polar surface area (TPSA) is 107 Å². The first-order valence-corrected chi connectivity index (χ1v) is 9.83. The second-order valence-electron chi connectivity index (χ2n) is 8.01. The van der Waals surface area contributed by atoms with Crippen molar-refractivity contribution in [1.82, 2.24) is 19.9 Å². The lowest BCUT2D eigenvalue weighted by Gasteiger charge is -2.32. The third-order valence-corrected chi connectivity index (χ3v) is 6.40. The number of carbonyl (C=O) groups excluding carboxylic acids is 1. The molecule has 152 valence electrons. The molecule has 1 aromatic carbocycles. The number of aliphatic carboxylic acids is 1. The largest absolute Gasteiger partial charge is 0.486 e. The second-order valence-corrected chi connectivity index (χ2v) is 8.01. The van der Waals surface area contributed by atoms with Gasteiger partial charge >= 0.3 is 5.97 Å². The highest BCUT2D eigenvalue weighted by atomic mass is 16.6. The average molecular weight is 398 g/mol. The average Bonchev–Trinajstić information content (AvgIpc) is 3.30. The summed E-state index contributed by atoms with van der Waals surface area (Å²) in [6.07, 6.45) is 2.18. The Morgan fingerprint density at radius 3 is 2.59 bits per heavy atom. The van der Waals surface area contributed by atoms with E-state index in [-0.39, 0.29) is 17.2 Å². The van der Waals surface area contributed by atoms with E-state index in [1.165, 1.54) is 0 Å². The molecule has 1 spiro atoms. The molecule has 1 atom stereocenters. The van der Waals surface area contributed by atoms with Crippen LogP contribution < -0.4 is 9.47 Å². The van der Waals surface area contributed by atoms with Gasteiger partial charge in [0.2, 0.25) is 0 Å². The summed E-state index contributed by atoms with van der Waals surface area (Å²) in [4.78, 5) is 26.0. The fourth-order valence-electron chi connectivity index (χ4n) is 4.49. The first-order chi connectivity index (χ1) is 14.0. The number of rotatable bonds is 3. The van der Waals surface area contributed by atoms with Gasteiger partial charge in [0.25, 0.3) is 5.91 Å². The maximum Gasteiger partial charge on any atom is 0.307 e. The van der Waals surface area contributed by atoms with Crippen molar-refractivity contribution in [2.75, 3.05) is 26.3 Å². The fourth-order valence-corrected chi connectivity index (χ4v) is 4.49. The predicted molar refractivity (Wildman–Crippen MR) is 100 cm³/mol. The minimum Gasteiger partial charge on any atom is -0.486 e. The Morgan fingerprint density at radius 2 is 1.90 bits per heavy atom. The minimum atomic E-state index is -0.719.